The van der Waals surface area contributed by atoms with Crippen molar-refractivity contribution < 1.29 is 43.2 Å². The molecular formula is C26H28F3IrN4O2SSe-. The molecule has 1 aromatic carbocycles. The number of hydrogen-bond donors (Lipinski definition) is 1. The maximum absolute atomic E-state index is 12.9. The van der Waals surface area contributed by atoms with E-state index in [2.05, 4.69) is 25.0 Å². The molecule has 0 spiro atoms. The minimum absolute atomic E-state index is 0. The molecule has 0 unspecified atom stereocenters. The summed E-state index contributed by atoms with van der Waals surface area (Å²) in [4.78, 5) is 11.7. The Morgan fingerprint density at radius 1 is 1.03 bits per heavy atom. The fourth-order valence-electron chi connectivity index (χ4n) is 3.84. The van der Waals surface area contributed by atoms with Crippen LogP contribution in [0.5, 0.6) is 0 Å². The first-order chi connectivity index (χ1) is 17.6. The molecule has 0 aliphatic rings. The monoisotopic (exact) mass is 790 g/mol. The molecule has 207 valence electrons. The van der Waals surface area contributed by atoms with Crippen LogP contribution in [0.3, 0.4) is 0 Å². The third-order valence-electron chi connectivity index (χ3n) is 6.10. The number of carbonyl (C=O) groups excluding carboxylic acids is 1. The number of rotatable bonds is 8. The summed E-state index contributed by atoms with van der Waals surface area (Å²) in [5.41, 5.74) is -0.857. The standard InChI is InChI=1S/C13H4F3N4SSe.C13H24O2.Ir/c14-13(15,16)12-11-10(19-21-20-11)9(17-18-12)8-5-6-3-1-2-4-7(6)22-8;1-5-10(6-2)12(14)9-13(15)11(7-3)8-4;/h1-4H;9-11,14H,5-8H2,1-4H3;/q-1;;/b;12-9-;. The number of aliphatic hydroxyl groups is 1. The molecule has 1 N–H and O–H groups in total. The van der Waals surface area contributed by atoms with Crippen molar-refractivity contribution in [1.82, 2.24) is 18.9 Å². The second kappa shape index (κ2) is 14.4. The van der Waals surface area contributed by atoms with Crippen LogP contribution in [0, 0.1) is 17.9 Å². The summed E-state index contributed by atoms with van der Waals surface area (Å²) in [7, 11) is 0. The Labute approximate surface area is 243 Å². The first-order valence-electron chi connectivity index (χ1n) is 12.1. The van der Waals surface area contributed by atoms with Crippen LogP contribution < -0.4 is 0 Å². The average Bonchev–Trinajstić information content (AvgIpc) is 3.52. The van der Waals surface area contributed by atoms with Gasteiger partial charge in [0.25, 0.3) is 0 Å². The van der Waals surface area contributed by atoms with E-state index in [1.165, 1.54) is 6.08 Å². The van der Waals surface area contributed by atoms with Gasteiger partial charge in [-0.25, -0.2) is 0 Å². The van der Waals surface area contributed by atoms with Crippen LogP contribution in [0.4, 0.5) is 13.2 Å². The number of allylic oxidation sites excluding steroid dienone is 2. The predicted molar refractivity (Wildman–Crippen MR) is 141 cm³/mol. The molecule has 0 bridgehead atoms. The maximum Gasteiger partial charge on any atom is 0 e. The first kappa shape index (κ1) is 32.2. The number of nitrogens with zero attached hydrogens (tertiary/aromatic N) is 4. The minimum atomic E-state index is -4.60. The van der Waals surface area contributed by atoms with Gasteiger partial charge in [-0.05, 0) is 25.7 Å². The summed E-state index contributed by atoms with van der Waals surface area (Å²) in [6, 6.07) is 10.9. The molecule has 1 radical (unpaired) electrons. The molecule has 38 heavy (non-hydrogen) atoms. The normalized spacial score (nSPS) is 12.1. The fourth-order valence-corrected chi connectivity index (χ4v) is 6.47. The van der Waals surface area contributed by atoms with Gasteiger partial charge in [0.2, 0.25) is 0 Å². The molecule has 12 heteroatoms. The average molecular weight is 789 g/mol. The summed E-state index contributed by atoms with van der Waals surface area (Å²) in [6.07, 6.45) is 0.310. The molecule has 0 atom stereocenters. The van der Waals surface area contributed by atoms with Crippen molar-refractivity contribution in [2.75, 3.05) is 0 Å². The van der Waals surface area contributed by atoms with Crippen LogP contribution in [-0.2, 0) is 31.1 Å². The number of carbonyl (C=O) groups is 1. The zero-order valence-corrected chi connectivity index (χ0v) is 26.2. The zero-order chi connectivity index (χ0) is 27.2. The van der Waals surface area contributed by atoms with Crippen molar-refractivity contribution >= 4 is 52.7 Å². The topological polar surface area (TPSA) is 88.9 Å². The van der Waals surface area contributed by atoms with Crippen LogP contribution in [0.15, 0.2) is 36.1 Å². The Morgan fingerprint density at radius 2 is 1.63 bits per heavy atom. The number of fused-ring (bicyclic) bond motifs is 2. The van der Waals surface area contributed by atoms with Crippen molar-refractivity contribution in [3.8, 4) is 10.1 Å². The van der Waals surface area contributed by atoms with E-state index in [0.717, 1.165) is 51.5 Å². The molecule has 4 rings (SSSR count). The van der Waals surface area contributed by atoms with E-state index in [-0.39, 0.29) is 69.0 Å². The van der Waals surface area contributed by atoms with Gasteiger partial charge < -0.3 is 5.11 Å². The van der Waals surface area contributed by atoms with E-state index in [1.807, 2.05) is 52.0 Å². The van der Waals surface area contributed by atoms with E-state index >= 15 is 0 Å². The van der Waals surface area contributed by atoms with Crippen LogP contribution >= 0.6 is 11.7 Å². The van der Waals surface area contributed by atoms with Gasteiger partial charge in [0.15, 0.2) is 5.78 Å². The van der Waals surface area contributed by atoms with Crippen LogP contribution in [-0.4, -0.2) is 44.3 Å². The molecule has 6 nitrogen and oxygen atoms in total. The molecule has 0 aliphatic carbocycles. The van der Waals surface area contributed by atoms with Gasteiger partial charge >= 0.3 is 131 Å². The number of hydrogen-bond acceptors (Lipinski definition) is 7. The summed E-state index contributed by atoms with van der Waals surface area (Å²) in [6.45, 7) is 8.07. The Kier molecular flexibility index (Phi) is 12.2. The number of aliphatic hydroxyl groups excluding tert-OH is 1. The molecular weight excluding hydrogens is 761 g/mol. The van der Waals surface area contributed by atoms with Crippen molar-refractivity contribution in [2.24, 2.45) is 11.8 Å². The maximum atomic E-state index is 12.9. The second-order valence-corrected chi connectivity index (χ2v) is 11.1. The second-order valence-electron chi connectivity index (χ2n) is 8.41. The smallest absolute Gasteiger partial charge is 0 e. The molecule has 0 fully saturated rings. The molecule has 0 saturated heterocycles. The van der Waals surface area contributed by atoms with Crippen LogP contribution in [0.25, 0.3) is 30.8 Å². The Bertz CT molecular complexity index is 1350. The van der Waals surface area contributed by atoms with Gasteiger partial charge in [0.1, 0.15) is 0 Å². The van der Waals surface area contributed by atoms with Crippen molar-refractivity contribution in [3.63, 3.8) is 0 Å². The molecule has 4 aromatic rings. The molecule has 0 saturated carbocycles. The van der Waals surface area contributed by atoms with Crippen LogP contribution in [0.2, 0.25) is 0 Å². The van der Waals surface area contributed by atoms with E-state index in [9.17, 15) is 23.1 Å². The zero-order valence-electron chi connectivity index (χ0n) is 21.3. The Morgan fingerprint density at radius 3 is 2.21 bits per heavy atom. The van der Waals surface area contributed by atoms with Gasteiger partial charge in [-0.1, -0.05) is 27.7 Å². The molecule has 0 aliphatic heterocycles. The van der Waals surface area contributed by atoms with Gasteiger partial charge in [-0.3, -0.25) is 4.79 Å². The number of halogens is 3. The van der Waals surface area contributed by atoms with Crippen molar-refractivity contribution in [1.29, 1.82) is 0 Å². The number of alkyl halides is 3. The molecule has 3 aromatic heterocycles. The van der Waals surface area contributed by atoms with Gasteiger partial charge in [-0.15, -0.1) is 0 Å². The largest absolute Gasteiger partial charge is 0 e. The third kappa shape index (κ3) is 7.57. The first-order valence-corrected chi connectivity index (χ1v) is 14.5. The third-order valence-corrected chi connectivity index (χ3v) is 8.88. The molecule has 0 amide bonds. The SMILES string of the molecule is CCC(CC)C(=O)/C=C(\O)C(CC)CC.FC(F)(F)c1nnc(-c2[c-]c3ccccc3[se]2)c2nsnc12.[Ir]. The van der Waals surface area contributed by atoms with Gasteiger partial charge in [-0.2, -0.15) is 0 Å². The van der Waals surface area contributed by atoms with Crippen LogP contribution in [0.1, 0.15) is 59.1 Å². The van der Waals surface area contributed by atoms with Gasteiger partial charge in [0.05, 0.1) is 5.76 Å². The van der Waals surface area contributed by atoms with E-state index in [4.69, 9.17) is 0 Å². The number of aromatic nitrogens is 4. The van der Waals surface area contributed by atoms with E-state index in [0.29, 0.717) is 5.69 Å². The van der Waals surface area contributed by atoms with E-state index in [1.54, 1.807) is 0 Å². The molecule has 3 heterocycles. The number of ketones is 1. The summed E-state index contributed by atoms with van der Waals surface area (Å²) in [5.74, 6) is 0.547. The Balaban J connectivity index is 0.000000282. The minimum Gasteiger partial charge on any atom is 0 e. The van der Waals surface area contributed by atoms with Crippen molar-refractivity contribution in [3.05, 3.63) is 47.9 Å². The van der Waals surface area contributed by atoms with Gasteiger partial charge in [0, 0.05) is 38.0 Å². The summed E-state index contributed by atoms with van der Waals surface area (Å²) < 4.78 is 48.4. The summed E-state index contributed by atoms with van der Waals surface area (Å²) >= 11 is 0.644. The predicted octanol–water partition coefficient (Wildman–Crippen LogP) is 7.04. The summed E-state index contributed by atoms with van der Waals surface area (Å²) in [5, 5.41) is 17.8. The Hall–Kier alpha value is -1.97. The van der Waals surface area contributed by atoms with Crippen molar-refractivity contribution in [2.45, 2.75) is 59.6 Å². The quantitative estimate of drug-likeness (QED) is 0.0893. The van der Waals surface area contributed by atoms with E-state index < -0.39 is 11.9 Å². The fraction of sp³-hybridized carbons (Fsp3) is 0.423. The number of benzene rings is 1.